The van der Waals surface area contributed by atoms with Crippen molar-refractivity contribution in [1.82, 2.24) is 20.2 Å². The number of piperidine rings is 1. The number of amides is 2. The van der Waals surface area contributed by atoms with Crippen molar-refractivity contribution in [2.75, 3.05) is 18.0 Å². The van der Waals surface area contributed by atoms with E-state index in [-0.39, 0.29) is 66.9 Å². The summed E-state index contributed by atoms with van der Waals surface area (Å²) in [5.41, 5.74) is -2.30. The van der Waals surface area contributed by atoms with Crippen LogP contribution in [0.3, 0.4) is 0 Å². The third kappa shape index (κ3) is 5.81. The van der Waals surface area contributed by atoms with E-state index in [0.29, 0.717) is 6.07 Å². The lowest BCUT2D eigenvalue weighted by Gasteiger charge is -2.23. The molecule has 2 aromatic heterocycles. The fraction of sp³-hybridized carbons (Fsp3) is 0.379. The zero-order valence-electron chi connectivity index (χ0n) is 23.5. The third-order valence-corrected chi connectivity index (χ3v) is 7.96. The number of carboxylic acid groups (broad SMARTS) is 2. The molecule has 15 heteroatoms. The van der Waals surface area contributed by atoms with Crippen LogP contribution in [0.2, 0.25) is 0 Å². The highest BCUT2D eigenvalue weighted by atomic mass is 19.1. The number of rotatable bonds is 10. The van der Waals surface area contributed by atoms with Crippen molar-refractivity contribution >= 4 is 40.6 Å². The van der Waals surface area contributed by atoms with Crippen molar-refractivity contribution in [2.45, 2.75) is 38.8 Å². The number of anilines is 1. The van der Waals surface area contributed by atoms with Gasteiger partial charge in [0.2, 0.25) is 17.2 Å². The van der Waals surface area contributed by atoms with E-state index in [4.69, 9.17) is 0 Å². The summed E-state index contributed by atoms with van der Waals surface area (Å²) in [6, 6.07) is 2.12. The van der Waals surface area contributed by atoms with Crippen LogP contribution in [0.25, 0.3) is 16.7 Å². The van der Waals surface area contributed by atoms with Gasteiger partial charge in [0, 0.05) is 56.1 Å². The van der Waals surface area contributed by atoms with Gasteiger partial charge in [-0.2, -0.15) is 0 Å². The summed E-state index contributed by atoms with van der Waals surface area (Å²) >= 11 is 0. The maximum Gasteiger partial charge on any atom is 0.341 e. The Hall–Kier alpha value is -4.95. The van der Waals surface area contributed by atoms with Gasteiger partial charge >= 0.3 is 11.9 Å². The highest BCUT2D eigenvalue weighted by molar-refractivity contribution is 5.93. The van der Waals surface area contributed by atoms with E-state index in [1.54, 1.807) is 18.7 Å². The predicted molar refractivity (Wildman–Crippen MR) is 149 cm³/mol. The summed E-state index contributed by atoms with van der Waals surface area (Å²) in [7, 11) is 0. The molecule has 1 aromatic carbocycles. The molecule has 232 valence electrons. The SMILES string of the molecule is CC(C)C(NC(=O)CCC(=O)NC1[C@H]2CN(c3nc4c(cc3F)c(=O)c(C(=O)O)cn4-c3ccc(F)cc3F)C[C@@H]12)C(=O)O. The number of hydrogen-bond acceptors (Lipinski definition) is 7. The van der Waals surface area contributed by atoms with Crippen LogP contribution in [0.1, 0.15) is 37.0 Å². The second-order valence-corrected chi connectivity index (χ2v) is 11.3. The van der Waals surface area contributed by atoms with Crippen molar-refractivity contribution in [3.63, 3.8) is 0 Å². The zero-order valence-corrected chi connectivity index (χ0v) is 23.5. The van der Waals surface area contributed by atoms with Gasteiger partial charge in [-0.3, -0.25) is 19.0 Å². The van der Waals surface area contributed by atoms with Gasteiger partial charge in [0.1, 0.15) is 23.2 Å². The molecule has 1 aliphatic heterocycles. The first-order valence-corrected chi connectivity index (χ1v) is 13.8. The number of carbonyl (C=O) groups excluding carboxylic acids is 2. The summed E-state index contributed by atoms with van der Waals surface area (Å²) in [5.74, 6) is -7.20. The lowest BCUT2D eigenvalue weighted by molar-refractivity contribution is -0.143. The van der Waals surface area contributed by atoms with Gasteiger partial charge in [0.15, 0.2) is 17.3 Å². The molecular weight excluding hydrogens is 587 g/mol. The van der Waals surface area contributed by atoms with Gasteiger partial charge in [-0.25, -0.2) is 27.7 Å². The molecule has 4 atom stereocenters. The molecule has 3 aromatic rings. The number of nitrogens with one attached hydrogen (secondary N) is 2. The van der Waals surface area contributed by atoms with Gasteiger partial charge in [-0.15, -0.1) is 0 Å². The monoisotopic (exact) mass is 615 g/mol. The standard InChI is InChI=1S/C29H28F3N5O7/c1-12(2)23(29(43)44)33-21(38)5-6-22(39)34-24-15-9-36(10-16(15)24)27-19(32)8-14-25(40)17(28(41)42)11-37(26(14)35-27)20-4-3-13(30)7-18(20)31/h3-4,7-8,11-12,15-16,23-24H,5-6,9-10H2,1-2H3,(H,33,38)(H,34,39)(H,41,42)(H,43,44)/t15-,16+,23?,24?. The summed E-state index contributed by atoms with van der Waals surface area (Å²) in [6.45, 7) is 3.87. The average Bonchev–Trinajstić information content (AvgIpc) is 3.36. The molecule has 0 radical (unpaired) electrons. The number of pyridine rings is 2. The predicted octanol–water partition coefficient (Wildman–Crippen LogP) is 2.06. The van der Waals surface area contributed by atoms with E-state index < -0.39 is 63.6 Å². The molecule has 3 heterocycles. The number of benzene rings is 1. The number of carbonyl (C=O) groups is 4. The van der Waals surface area contributed by atoms with Crippen molar-refractivity contribution in [3.05, 3.63) is 63.7 Å². The first kappa shape index (κ1) is 30.5. The minimum Gasteiger partial charge on any atom is -0.480 e. The van der Waals surface area contributed by atoms with Gasteiger partial charge in [0.25, 0.3) is 0 Å². The Morgan fingerprint density at radius 1 is 1.00 bits per heavy atom. The third-order valence-electron chi connectivity index (χ3n) is 7.96. The highest BCUT2D eigenvalue weighted by Gasteiger charge is 2.57. The molecule has 5 rings (SSSR count). The van der Waals surface area contributed by atoms with Crippen LogP contribution in [0.5, 0.6) is 0 Å². The largest absolute Gasteiger partial charge is 0.480 e. The molecule has 44 heavy (non-hydrogen) atoms. The molecule has 1 saturated carbocycles. The molecule has 1 aliphatic carbocycles. The minimum absolute atomic E-state index is 0.0619. The van der Waals surface area contributed by atoms with E-state index in [9.17, 15) is 43.0 Å². The van der Waals surface area contributed by atoms with Gasteiger partial charge in [-0.1, -0.05) is 13.8 Å². The topological polar surface area (TPSA) is 171 Å². The van der Waals surface area contributed by atoms with Crippen LogP contribution in [0.4, 0.5) is 19.0 Å². The second kappa shape index (κ2) is 11.6. The van der Waals surface area contributed by atoms with Crippen molar-refractivity contribution < 1.29 is 42.6 Å². The van der Waals surface area contributed by atoms with Crippen LogP contribution < -0.4 is 21.0 Å². The maximum atomic E-state index is 15.3. The number of aliphatic carboxylic acids is 1. The molecule has 4 N–H and O–H groups in total. The number of aromatic carboxylic acids is 1. The number of halogens is 3. The lowest BCUT2D eigenvalue weighted by Crippen LogP contribution is -2.44. The molecule has 2 unspecified atom stereocenters. The Bertz CT molecular complexity index is 1750. The Balaban J connectivity index is 1.30. The Kier molecular flexibility index (Phi) is 8.05. The maximum absolute atomic E-state index is 15.3. The fourth-order valence-electron chi connectivity index (χ4n) is 5.61. The minimum atomic E-state index is -1.62. The van der Waals surface area contributed by atoms with E-state index in [1.807, 2.05) is 0 Å². The Morgan fingerprint density at radius 3 is 2.25 bits per heavy atom. The van der Waals surface area contributed by atoms with Crippen molar-refractivity contribution in [2.24, 2.45) is 17.8 Å². The summed E-state index contributed by atoms with van der Waals surface area (Å²) < 4.78 is 44.6. The first-order chi connectivity index (χ1) is 20.8. The molecule has 0 spiro atoms. The Labute approximate surface area is 247 Å². The number of carboxylic acids is 2. The molecule has 2 fully saturated rings. The van der Waals surface area contributed by atoms with Gasteiger partial charge in [-0.05, 0) is 24.1 Å². The smallest absolute Gasteiger partial charge is 0.341 e. The summed E-state index contributed by atoms with van der Waals surface area (Å²) in [4.78, 5) is 66.2. The fourth-order valence-corrected chi connectivity index (χ4v) is 5.61. The summed E-state index contributed by atoms with van der Waals surface area (Å²) in [6.07, 6.45) is 0.519. The van der Waals surface area contributed by atoms with Crippen molar-refractivity contribution in [3.8, 4) is 5.69 Å². The quantitative estimate of drug-likeness (QED) is 0.267. The van der Waals surface area contributed by atoms with Crippen LogP contribution in [-0.2, 0) is 14.4 Å². The zero-order chi connectivity index (χ0) is 32.0. The van der Waals surface area contributed by atoms with Gasteiger partial charge in [0.05, 0.1) is 11.1 Å². The van der Waals surface area contributed by atoms with Crippen molar-refractivity contribution in [1.29, 1.82) is 0 Å². The van der Waals surface area contributed by atoms with E-state index in [0.717, 1.165) is 29.0 Å². The number of hydrogen-bond donors (Lipinski definition) is 4. The van der Waals surface area contributed by atoms with Gasteiger partial charge < -0.3 is 25.7 Å². The van der Waals surface area contributed by atoms with E-state index in [2.05, 4.69) is 15.6 Å². The number of nitrogens with zero attached hydrogens (tertiary/aromatic N) is 3. The molecular formula is C29H28F3N5O7. The van der Waals surface area contributed by atoms with E-state index >= 15 is 4.39 Å². The molecule has 2 aliphatic rings. The lowest BCUT2D eigenvalue weighted by atomic mass is 10.0. The first-order valence-electron chi connectivity index (χ1n) is 13.8. The van der Waals surface area contributed by atoms with E-state index in [1.165, 1.54) is 0 Å². The number of fused-ring (bicyclic) bond motifs is 2. The molecule has 2 amide bonds. The normalized spacial score (nSPS) is 19.5. The molecule has 12 nitrogen and oxygen atoms in total. The average molecular weight is 616 g/mol. The molecule has 0 bridgehead atoms. The highest BCUT2D eigenvalue weighted by Crippen LogP contribution is 2.47. The van der Waals surface area contributed by atoms with Crippen LogP contribution in [0.15, 0.2) is 35.3 Å². The van der Waals surface area contributed by atoms with Crippen LogP contribution in [-0.4, -0.2) is 68.7 Å². The second-order valence-electron chi connectivity index (χ2n) is 11.3. The summed E-state index contributed by atoms with van der Waals surface area (Å²) in [5, 5.41) is 23.5. The molecule has 1 saturated heterocycles. The Morgan fingerprint density at radius 2 is 1.66 bits per heavy atom. The van der Waals surface area contributed by atoms with Crippen LogP contribution in [0, 0.1) is 35.2 Å². The van der Waals surface area contributed by atoms with Crippen LogP contribution >= 0.6 is 0 Å². The number of aromatic nitrogens is 2.